The van der Waals surface area contributed by atoms with Crippen molar-refractivity contribution in [3.63, 3.8) is 0 Å². The second kappa shape index (κ2) is 3.07. The molecule has 1 atom stereocenters. The van der Waals surface area contributed by atoms with Crippen molar-refractivity contribution in [3.05, 3.63) is 24.3 Å². The maximum atomic E-state index is 12.0. The molecule has 2 nitrogen and oxygen atoms in total. The van der Waals surface area contributed by atoms with Gasteiger partial charge in [-0.15, -0.1) is 0 Å². The van der Waals surface area contributed by atoms with Crippen molar-refractivity contribution in [3.8, 4) is 6.07 Å². The molecule has 2 heteroatoms. The molecular weight excluding hydrogens is 198 g/mol. The second-order valence-electron chi connectivity index (χ2n) is 5.40. The largest absolute Gasteiger partial charge is 0.298 e. The predicted octanol–water partition coefficient (Wildman–Crippen LogP) is 2.77. The molecule has 0 spiro atoms. The van der Waals surface area contributed by atoms with E-state index in [1.165, 1.54) is 0 Å². The van der Waals surface area contributed by atoms with Crippen LogP contribution in [0.25, 0.3) is 0 Å². The summed E-state index contributed by atoms with van der Waals surface area (Å²) in [5, 5.41) is 9.29. The number of ketones is 1. The third-order valence-corrected chi connectivity index (χ3v) is 4.89. The maximum Gasteiger partial charge on any atom is 0.151 e. The first-order valence-electron chi connectivity index (χ1n) is 5.96. The summed E-state index contributed by atoms with van der Waals surface area (Å²) >= 11 is 0. The fraction of sp³-hybridized carbons (Fsp3) is 0.571. The number of nitriles is 1. The fourth-order valence-corrected chi connectivity index (χ4v) is 4.01. The van der Waals surface area contributed by atoms with E-state index in [1.54, 1.807) is 0 Å². The molecule has 0 aromatic rings. The van der Waals surface area contributed by atoms with Crippen LogP contribution in [0.3, 0.4) is 0 Å². The molecule has 1 fully saturated rings. The number of hydrogen-bond acceptors (Lipinski definition) is 2. The summed E-state index contributed by atoms with van der Waals surface area (Å²) in [6.45, 7) is 0. The molecule has 0 aromatic heterocycles. The van der Waals surface area contributed by atoms with Crippen molar-refractivity contribution in [1.29, 1.82) is 5.26 Å². The van der Waals surface area contributed by atoms with Gasteiger partial charge < -0.3 is 0 Å². The quantitative estimate of drug-likeness (QED) is 0.580. The van der Waals surface area contributed by atoms with Gasteiger partial charge in [0.25, 0.3) is 0 Å². The van der Waals surface area contributed by atoms with Gasteiger partial charge in [0, 0.05) is 11.8 Å². The number of nitrogens with zero attached hydrogens (tertiary/aromatic N) is 1. The summed E-state index contributed by atoms with van der Waals surface area (Å²) in [6.07, 6.45) is 13.1. The van der Waals surface area contributed by atoms with Crippen molar-refractivity contribution < 1.29 is 4.79 Å². The Kier molecular flexibility index (Phi) is 1.89. The molecule has 0 heterocycles. The highest BCUT2D eigenvalue weighted by Crippen LogP contribution is 2.65. The molecule has 0 unspecified atom stereocenters. The molecule has 0 aromatic carbocycles. The van der Waals surface area contributed by atoms with Gasteiger partial charge in [0.05, 0.1) is 6.07 Å². The lowest BCUT2D eigenvalue weighted by Crippen LogP contribution is -2.43. The number of carbonyl (C=O) groups is 1. The molecule has 0 N–H and O–H groups in total. The van der Waals surface area contributed by atoms with E-state index in [0.717, 1.165) is 25.7 Å². The van der Waals surface area contributed by atoms with Gasteiger partial charge in [0.1, 0.15) is 5.92 Å². The minimum atomic E-state index is -0.373. The number of allylic oxidation sites excluding steroid dienone is 4. The van der Waals surface area contributed by atoms with Crippen LogP contribution in [0.4, 0.5) is 0 Å². The Balaban J connectivity index is 2.17. The smallest absolute Gasteiger partial charge is 0.151 e. The minimum absolute atomic E-state index is 0.0635. The predicted molar refractivity (Wildman–Crippen MR) is 60.3 cm³/mol. The first-order valence-corrected chi connectivity index (χ1v) is 5.96. The average molecular weight is 213 g/mol. The van der Waals surface area contributed by atoms with Crippen LogP contribution in [-0.4, -0.2) is 5.78 Å². The van der Waals surface area contributed by atoms with Gasteiger partial charge in [-0.3, -0.25) is 4.79 Å². The number of rotatable bonds is 0. The van der Waals surface area contributed by atoms with Gasteiger partial charge in [-0.1, -0.05) is 24.3 Å². The maximum absolute atomic E-state index is 12.0. The molecule has 3 rings (SSSR count). The van der Waals surface area contributed by atoms with E-state index >= 15 is 0 Å². The van der Waals surface area contributed by atoms with Crippen molar-refractivity contribution in [2.45, 2.75) is 32.1 Å². The molecule has 82 valence electrons. The monoisotopic (exact) mass is 213 g/mol. The molecule has 0 saturated heterocycles. The number of carbonyl (C=O) groups excluding carboxylic acids is 1. The van der Waals surface area contributed by atoms with E-state index in [9.17, 15) is 10.1 Å². The van der Waals surface area contributed by atoms with Crippen molar-refractivity contribution in [2.24, 2.45) is 16.7 Å². The Morgan fingerprint density at radius 2 is 1.69 bits per heavy atom. The van der Waals surface area contributed by atoms with Crippen LogP contribution in [0.15, 0.2) is 24.3 Å². The Morgan fingerprint density at radius 1 is 1.12 bits per heavy atom. The van der Waals surface area contributed by atoms with Gasteiger partial charge in [-0.2, -0.15) is 5.26 Å². The third kappa shape index (κ3) is 0.942. The summed E-state index contributed by atoms with van der Waals surface area (Å²) in [4.78, 5) is 12.0. The average Bonchev–Trinajstić information content (AvgIpc) is 2.56. The highest BCUT2D eigenvalue weighted by atomic mass is 16.1. The van der Waals surface area contributed by atoms with Crippen LogP contribution in [0.2, 0.25) is 0 Å². The summed E-state index contributed by atoms with van der Waals surface area (Å²) < 4.78 is 0. The number of hydrogen-bond donors (Lipinski definition) is 0. The highest BCUT2D eigenvalue weighted by Gasteiger charge is 2.63. The van der Waals surface area contributed by atoms with Crippen LogP contribution in [-0.2, 0) is 4.79 Å². The lowest BCUT2D eigenvalue weighted by molar-refractivity contribution is -0.120. The van der Waals surface area contributed by atoms with Crippen LogP contribution >= 0.6 is 0 Å². The van der Waals surface area contributed by atoms with Gasteiger partial charge >= 0.3 is 0 Å². The van der Waals surface area contributed by atoms with E-state index < -0.39 is 0 Å². The Hall–Kier alpha value is -1.36. The Morgan fingerprint density at radius 3 is 2.25 bits per heavy atom. The summed E-state index contributed by atoms with van der Waals surface area (Å²) in [6, 6.07) is 2.28. The van der Waals surface area contributed by atoms with Gasteiger partial charge in [0.15, 0.2) is 5.78 Å². The molecule has 3 aliphatic carbocycles. The fourth-order valence-electron chi connectivity index (χ4n) is 4.01. The Labute approximate surface area is 95.6 Å². The zero-order valence-electron chi connectivity index (χ0n) is 9.28. The third-order valence-electron chi connectivity index (χ3n) is 4.89. The highest BCUT2D eigenvalue weighted by molar-refractivity contribution is 5.88. The van der Waals surface area contributed by atoms with Gasteiger partial charge in [-0.05, 0) is 31.1 Å². The molecule has 1 saturated carbocycles. The normalized spacial score (nSPS) is 44.9. The van der Waals surface area contributed by atoms with Crippen LogP contribution < -0.4 is 0 Å². The van der Waals surface area contributed by atoms with Crippen molar-refractivity contribution >= 4 is 5.78 Å². The van der Waals surface area contributed by atoms with Gasteiger partial charge in [0.2, 0.25) is 0 Å². The topological polar surface area (TPSA) is 40.9 Å². The molecule has 16 heavy (non-hydrogen) atoms. The lowest BCUT2D eigenvalue weighted by atomic mass is 9.53. The summed E-state index contributed by atoms with van der Waals surface area (Å²) in [5.41, 5.74) is -0.0175. The summed E-state index contributed by atoms with van der Waals surface area (Å²) in [7, 11) is 0. The number of Topliss-reactive ketones (excluding diaryl/α,β-unsaturated/α-hetero) is 1. The van der Waals surface area contributed by atoms with E-state index in [1.807, 2.05) is 0 Å². The van der Waals surface area contributed by atoms with E-state index in [-0.39, 0.29) is 22.5 Å². The molecule has 0 radical (unpaired) electrons. The lowest BCUT2D eigenvalue weighted by Gasteiger charge is -2.49. The van der Waals surface area contributed by atoms with E-state index in [0.29, 0.717) is 6.42 Å². The van der Waals surface area contributed by atoms with Crippen molar-refractivity contribution in [1.82, 2.24) is 0 Å². The van der Waals surface area contributed by atoms with Gasteiger partial charge in [-0.25, -0.2) is 0 Å². The Bertz CT molecular complexity index is 420. The standard InChI is InChI=1S/C14H15NO/c15-10-11-12(16)9-13-5-1-3-7-14(11,13)8-4-2-6-13/h1-4,11H,5-9H2/t11-,13?,14?/m1/s1. The molecule has 3 aliphatic rings. The second-order valence-corrected chi connectivity index (χ2v) is 5.40. The molecular formula is C14H15NO. The SMILES string of the molecule is N#C[C@@H]1C(=O)CC23CC=CCC12CC=CC3. The summed E-state index contributed by atoms with van der Waals surface area (Å²) in [5.74, 6) is -0.197. The van der Waals surface area contributed by atoms with Crippen LogP contribution in [0.5, 0.6) is 0 Å². The van der Waals surface area contributed by atoms with Crippen molar-refractivity contribution in [2.75, 3.05) is 0 Å². The van der Waals surface area contributed by atoms with E-state index in [4.69, 9.17) is 0 Å². The molecule has 0 bridgehead atoms. The molecule has 0 amide bonds. The van der Waals surface area contributed by atoms with Crippen LogP contribution in [0.1, 0.15) is 32.1 Å². The first-order chi connectivity index (χ1) is 7.74. The minimum Gasteiger partial charge on any atom is -0.298 e. The zero-order valence-corrected chi connectivity index (χ0v) is 9.28. The van der Waals surface area contributed by atoms with E-state index in [2.05, 4.69) is 30.4 Å². The molecule has 0 aliphatic heterocycles. The van der Waals surface area contributed by atoms with Crippen LogP contribution in [0, 0.1) is 28.1 Å². The zero-order chi connectivity index (χ0) is 11.2. The first kappa shape index (κ1) is 9.84.